The molecular formula is C10H19NO3. The van der Waals surface area contributed by atoms with E-state index < -0.39 is 0 Å². The third kappa shape index (κ3) is 2.69. The Labute approximate surface area is 84.5 Å². The molecule has 0 aromatic rings. The van der Waals surface area contributed by atoms with Crippen LogP contribution in [0, 0.1) is 5.41 Å². The molecule has 14 heavy (non-hydrogen) atoms. The molecule has 1 amide bonds. The van der Waals surface area contributed by atoms with Crippen LogP contribution in [0.1, 0.15) is 26.2 Å². The molecule has 1 aliphatic heterocycles. The normalized spacial score (nSPS) is 20.9. The summed E-state index contributed by atoms with van der Waals surface area (Å²) in [5, 5.41) is 17.8. The Balaban J connectivity index is 2.39. The summed E-state index contributed by atoms with van der Waals surface area (Å²) in [6, 6.07) is 0. The lowest BCUT2D eigenvalue weighted by Gasteiger charge is -2.38. The van der Waals surface area contributed by atoms with Crippen molar-refractivity contribution in [2.45, 2.75) is 26.2 Å². The predicted octanol–water partition coefficient (Wildman–Crippen LogP) is -0.0102. The topological polar surface area (TPSA) is 60.8 Å². The van der Waals surface area contributed by atoms with Crippen molar-refractivity contribution < 1.29 is 15.0 Å². The zero-order chi connectivity index (χ0) is 10.6. The van der Waals surface area contributed by atoms with Gasteiger partial charge in [-0.1, -0.05) is 6.92 Å². The van der Waals surface area contributed by atoms with Gasteiger partial charge in [0, 0.05) is 26.1 Å². The number of piperidine rings is 1. The van der Waals surface area contributed by atoms with Gasteiger partial charge in [-0.15, -0.1) is 0 Å². The van der Waals surface area contributed by atoms with Crippen molar-refractivity contribution in [1.29, 1.82) is 0 Å². The van der Waals surface area contributed by atoms with E-state index in [9.17, 15) is 4.79 Å². The van der Waals surface area contributed by atoms with Crippen LogP contribution in [0.15, 0.2) is 0 Å². The van der Waals surface area contributed by atoms with E-state index in [4.69, 9.17) is 10.2 Å². The fourth-order valence-corrected chi connectivity index (χ4v) is 1.71. The van der Waals surface area contributed by atoms with Crippen molar-refractivity contribution in [2.24, 2.45) is 5.41 Å². The molecule has 0 radical (unpaired) electrons. The van der Waals surface area contributed by atoms with E-state index in [2.05, 4.69) is 0 Å². The first-order valence-corrected chi connectivity index (χ1v) is 5.11. The van der Waals surface area contributed by atoms with E-state index in [1.165, 1.54) is 0 Å². The van der Waals surface area contributed by atoms with Crippen molar-refractivity contribution in [3.63, 3.8) is 0 Å². The van der Waals surface area contributed by atoms with E-state index in [1.54, 1.807) is 4.90 Å². The SMILES string of the molecule is CC1(CO)CCN(C(=O)CCO)CC1. The van der Waals surface area contributed by atoms with Crippen molar-refractivity contribution in [1.82, 2.24) is 4.90 Å². The van der Waals surface area contributed by atoms with Gasteiger partial charge in [0.1, 0.15) is 0 Å². The molecule has 1 saturated heterocycles. The largest absolute Gasteiger partial charge is 0.396 e. The Bertz CT molecular complexity index is 198. The minimum Gasteiger partial charge on any atom is -0.396 e. The number of likely N-dealkylation sites (tertiary alicyclic amines) is 1. The molecule has 1 fully saturated rings. The predicted molar refractivity (Wildman–Crippen MR) is 52.7 cm³/mol. The summed E-state index contributed by atoms with van der Waals surface area (Å²) in [7, 11) is 0. The van der Waals surface area contributed by atoms with Gasteiger partial charge in [0.05, 0.1) is 6.61 Å². The van der Waals surface area contributed by atoms with Gasteiger partial charge in [-0.25, -0.2) is 0 Å². The zero-order valence-corrected chi connectivity index (χ0v) is 8.70. The third-order valence-corrected chi connectivity index (χ3v) is 3.03. The molecule has 82 valence electrons. The highest BCUT2D eigenvalue weighted by Gasteiger charge is 2.30. The Kier molecular flexibility index (Phi) is 3.89. The van der Waals surface area contributed by atoms with Gasteiger partial charge in [-0.05, 0) is 18.3 Å². The average molecular weight is 201 g/mol. The second kappa shape index (κ2) is 4.75. The van der Waals surface area contributed by atoms with Crippen molar-refractivity contribution in [3.05, 3.63) is 0 Å². The summed E-state index contributed by atoms with van der Waals surface area (Å²) in [5.74, 6) is 0.0208. The molecule has 0 saturated carbocycles. The van der Waals surface area contributed by atoms with Crippen LogP contribution in [-0.4, -0.2) is 47.3 Å². The van der Waals surface area contributed by atoms with Gasteiger partial charge in [0.25, 0.3) is 0 Å². The highest BCUT2D eigenvalue weighted by atomic mass is 16.3. The Morgan fingerprint density at radius 1 is 1.36 bits per heavy atom. The third-order valence-electron chi connectivity index (χ3n) is 3.03. The summed E-state index contributed by atoms with van der Waals surface area (Å²) < 4.78 is 0. The first-order valence-electron chi connectivity index (χ1n) is 5.11. The molecule has 0 spiro atoms. The standard InChI is InChI=1S/C10H19NO3/c1-10(8-13)3-5-11(6-4-10)9(14)2-7-12/h12-13H,2-8H2,1H3. The highest BCUT2D eigenvalue weighted by molar-refractivity contribution is 5.76. The highest BCUT2D eigenvalue weighted by Crippen LogP contribution is 2.30. The van der Waals surface area contributed by atoms with Crippen molar-refractivity contribution in [2.75, 3.05) is 26.3 Å². The smallest absolute Gasteiger partial charge is 0.224 e. The summed E-state index contributed by atoms with van der Waals surface area (Å²) in [5.41, 5.74) is -0.0179. The lowest BCUT2D eigenvalue weighted by atomic mass is 9.81. The molecule has 0 bridgehead atoms. The van der Waals surface area contributed by atoms with Crippen LogP contribution in [0.5, 0.6) is 0 Å². The summed E-state index contributed by atoms with van der Waals surface area (Å²) in [4.78, 5) is 13.2. The fraction of sp³-hybridized carbons (Fsp3) is 0.900. The van der Waals surface area contributed by atoms with Crippen LogP contribution in [0.25, 0.3) is 0 Å². The average Bonchev–Trinajstić information content (AvgIpc) is 2.19. The zero-order valence-electron chi connectivity index (χ0n) is 8.70. The molecule has 4 nitrogen and oxygen atoms in total. The molecule has 2 N–H and O–H groups in total. The maximum atomic E-state index is 11.4. The van der Waals surface area contributed by atoms with Gasteiger partial charge < -0.3 is 15.1 Å². The molecule has 1 aliphatic rings. The summed E-state index contributed by atoms with van der Waals surface area (Å²) >= 11 is 0. The first-order chi connectivity index (χ1) is 6.61. The number of carbonyl (C=O) groups excluding carboxylic acids is 1. The Morgan fingerprint density at radius 3 is 2.36 bits per heavy atom. The number of aliphatic hydroxyl groups is 2. The monoisotopic (exact) mass is 201 g/mol. The maximum Gasteiger partial charge on any atom is 0.224 e. The quantitative estimate of drug-likeness (QED) is 0.675. The Hall–Kier alpha value is -0.610. The molecular weight excluding hydrogens is 182 g/mol. The fourth-order valence-electron chi connectivity index (χ4n) is 1.71. The number of amides is 1. The van der Waals surface area contributed by atoms with E-state index in [0.717, 1.165) is 12.8 Å². The number of rotatable bonds is 3. The van der Waals surface area contributed by atoms with E-state index in [0.29, 0.717) is 13.1 Å². The number of hydrogen-bond acceptors (Lipinski definition) is 3. The van der Waals surface area contributed by atoms with Gasteiger partial charge >= 0.3 is 0 Å². The van der Waals surface area contributed by atoms with Crippen molar-refractivity contribution in [3.8, 4) is 0 Å². The van der Waals surface area contributed by atoms with Gasteiger partial charge in [-0.3, -0.25) is 4.79 Å². The minimum atomic E-state index is -0.0768. The van der Waals surface area contributed by atoms with Crippen LogP contribution < -0.4 is 0 Å². The van der Waals surface area contributed by atoms with Crippen LogP contribution in [0.3, 0.4) is 0 Å². The van der Waals surface area contributed by atoms with Crippen LogP contribution >= 0.6 is 0 Å². The maximum absolute atomic E-state index is 11.4. The molecule has 1 heterocycles. The molecule has 0 aromatic carbocycles. The number of nitrogens with zero attached hydrogens (tertiary/aromatic N) is 1. The van der Waals surface area contributed by atoms with Crippen molar-refractivity contribution >= 4 is 5.91 Å². The van der Waals surface area contributed by atoms with Crippen LogP contribution in [0.4, 0.5) is 0 Å². The molecule has 0 aliphatic carbocycles. The number of hydrogen-bond donors (Lipinski definition) is 2. The second-order valence-corrected chi connectivity index (χ2v) is 4.32. The number of carbonyl (C=O) groups is 1. The Morgan fingerprint density at radius 2 is 1.93 bits per heavy atom. The molecule has 0 aromatic heterocycles. The van der Waals surface area contributed by atoms with Gasteiger partial charge in [0.2, 0.25) is 5.91 Å². The van der Waals surface area contributed by atoms with Crippen LogP contribution in [0.2, 0.25) is 0 Å². The molecule has 0 unspecified atom stereocenters. The molecule has 0 atom stereocenters. The van der Waals surface area contributed by atoms with E-state index in [1.807, 2.05) is 6.92 Å². The van der Waals surface area contributed by atoms with E-state index >= 15 is 0 Å². The first kappa shape index (κ1) is 11.5. The number of aliphatic hydroxyl groups excluding tert-OH is 2. The van der Waals surface area contributed by atoms with E-state index in [-0.39, 0.29) is 31.0 Å². The molecule has 4 heteroatoms. The summed E-state index contributed by atoms with van der Waals surface area (Å²) in [6.45, 7) is 3.56. The second-order valence-electron chi connectivity index (χ2n) is 4.32. The molecule has 1 rings (SSSR count). The minimum absolute atomic E-state index is 0.0179. The van der Waals surface area contributed by atoms with Gasteiger partial charge in [0.15, 0.2) is 0 Å². The summed E-state index contributed by atoms with van der Waals surface area (Å²) in [6.07, 6.45) is 1.91. The lowest BCUT2D eigenvalue weighted by molar-refractivity contribution is -0.134. The van der Waals surface area contributed by atoms with Gasteiger partial charge in [-0.2, -0.15) is 0 Å². The lowest BCUT2D eigenvalue weighted by Crippen LogP contribution is -2.43. The van der Waals surface area contributed by atoms with Crippen LogP contribution in [-0.2, 0) is 4.79 Å².